The molecule has 1 aliphatic rings. The van der Waals surface area contributed by atoms with E-state index in [-0.39, 0.29) is 30.3 Å². The molecule has 3 rings (SSSR count). The van der Waals surface area contributed by atoms with Crippen molar-refractivity contribution in [1.82, 2.24) is 14.4 Å². The van der Waals surface area contributed by atoms with Crippen molar-refractivity contribution in [3.05, 3.63) is 59.4 Å². The summed E-state index contributed by atoms with van der Waals surface area (Å²) in [4.78, 5) is 29.5. The van der Waals surface area contributed by atoms with E-state index in [1.807, 2.05) is 43.9 Å². The summed E-state index contributed by atoms with van der Waals surface area (Å²) in [5.74, 6) is 0.355. The molecule has 0 N–H and O–H groups in total. The van der Waals surface area contributed by atoms with E-state index >= 15 is 0 Å². The lowest BCUT2D eigenvalue weighted by atomic mass is 9.95. The van der Waals surface area contributed by atoms with Gasteiger partial charge in [-0.05, 0) is 43.0 Å². The number of hydrogen-bond acceptors (Lipinski definition) is 2. The molecule has 5 heteroatoms. The van der Waals surface area contributed by atoms with Crippen molar-refractivity contribution in [2.24, 2.45) is 5.92 Å². The lowest BCUT2D eigenvalue weighted by Gasteiger charge is -2.39. The van der Waals surface area contributed by atoms with E-state index in [0.29, 0.717) is 19.5 Å². The van der Waals surface area contributed by atoms with Crippen LogP contribution in [0.3, 0.4) is 0 Å². The molecular weight excluding hydrogens is 350 g/mol. The first-order valence-corrected chi connectivity index (χ1v) is 10.2. The minimum Gasteiger partial charge on any atom is -0.348 e. The van der Waals surface area contributed by atoms with Crippen molar-refractivity contribution in [1.29, 1.82) is 0 Å². The summed E-state index contributed by atoms with van der Waals surface area (Å²) in [6.07, 6.45) is 2.55. The maximum Gasteiger partial charge on any atom is 0.243 e. The Hall–Kier alpha value is -2.56. The summed E-state index contributed by atoms with van der Waals surface area (Å²) in [5.41, 5.74) is 3.45. The highest BCUT2D eigenvalue weighted by molar-refractivity contribution is 5.85. The average molecular weight is 382 g/mol. The van der Waals surface area contributed by atoms with Crippen molar-refractivity contribution in [3.63, 3.8) is 0 Å². The van der Waals surface area contributed by atoms with Gasteiger partial charge in [0.2, 0.25) is 11.8 Å². The van der Waals surface area contributed by atoms with Crippen molar-refractivity contribution in [2.75, 3.05) is 19.6 Å². The van der Waals surface area contributed by atoms with Gasteiger partial charge in [-0.25, -0.2) is 0 Å². The number of fused-ring (bicyclic) bond motifs is 1. The van der Waals surface area contributed by atoms with Crippen LogP contribution in [0, 0.1) is 12.8 Å². The molecule has 5 nitrogen and oxygen atoms in total. The molecule has 0 fully saturated rings. The van der Waals surface area contributed by atoms with Crippen LogP contribution in [0.2, 0.25) is 0 Å². The van der Waals surface area contributed by atoms with E-state index < -0.39 is 0 Å². The van der Waals surface area contributed by atoms with Gasteiger partial charge in [-0.1, -0.05) is 38.1 Å². The Morgan fingerprint density at radius 1 is 1.14 bits per heavy atom. The van der Waals surface area contributed by atoms with E-state index in [2.05, 4.69) is 35.9 Å². The third-order valence-corrected chi connectivity index (χ3v) is 5.49. The molecule has 2 heterocycles. The Morgan fingerprint density at radius 2 is 1.89 bits per heavy atom. The fourth-order valence-corrected chi connectivity index (χ4v) is 3.98. The molecule has 1 aliphatic heterocycles. The number of aromatic nitrogens is 1. The smallest absolute Gasteiger partial charge is 0.243 e. The second-order valence-corrected chi connectivity index (χ2v) is 7.98. The third-order valence-electron chi connectivity index (χ3n) is 5.49. The van der Waals surface area contributed by atoms with E-state index in [1.54, 1.807) is 4.90 Å². The lowest BCUT2D eigenvalue weighted by Crippen LogP contribution is -2.48. The van der Waals surface area contributed by atoms with Gasteiger partial charge in [-0.15, -0.1) is 0 Å². The first kappa shape index (κ1) is 20.2. The van der Waals surface area contributed by atoms with Gasteiger partial charge in [0.15, 0.2) is 0 Å². The topological polar surface area (TPSA) is 45.6 Å². The molecule has 150 valence electrons. The zero-order valence-electron chi connectivity index (χ0n) is 17.4. The fraction of sp³-hybridized carbons (Fsp3) is 0.478. The predicted molar refractivity (Wildman–Crippen MR) is 111 cm³/mol. The van der Waals surface area contributed by atoms with Crippen LogP contribution in [0.4, 0.5) is 0 Å². The van der Waals surface area contributed by atoms with Crippen LogP contribution in [0.5, 0.6) is 0 Å². The van der Waals surface area contributed by atoms with Gasteiger partial charge < -0.3 is 14.4 Å². The molecule has 28 heavy (non-hydrogen) atoms. The number of nitrogens with zero attached hydrogens (tertiary/aromatic N) is 3. The van der Waals surface area contributed by atoms with Gasteiger partial charge in [0.1, 0.15) is 0 Å². The monoisotopic (exact) mass is 381 g/mol. The number of hydrogen-bond donors (Lipinski definition) is 0. The molecule has 2 aromatic rings. The summed E-state index contributed by atoms with van der Waals surface area (Å²) in [6.45, 7) is 10.2. The summed E-state index contributed by atoms with van der Waals surface area (Å²) in [6, 6.07) is 12.3. The maximum absolute atomic E-state index is 13.3. The van der Waals surface area contributed by atoms with E-state index in [9.17, 15) is 9.59 Å². The Kier molecular flexibility index (Phi) is 6.22. The number of rotatable bonds is 6. The molecule has 0 aliphatic carbocycles. The number of benzene rings is 1. The number of amides is 2. The van der Waals surface area contributed by atoms with Crippen LogP contribution in [0.25, 0.3) is 0 Å². The lowest BCUT2D eigenvalue weighted by molar-refractivity contribution is -0.142. The Bertz CT molecular complexity index is 840. The second-order valence-electron chi connectivity index (χ2n) is 7.98. The maximum atomic E-state index is 13.3. The number of carbonyl (C=O) groups is 2. The number of carbonyl (C=O) groups excluding carboxylic acids is 2. The highest BCUT2D eigenvalue weighted by Gasteiger charge is 2.33. The highest BCUT2D eigenvalue weighted by Crippen LogP contribution is 2.34. The van der Waals surface area contributed by atoms with Gasteiger partial charge in [-0.2, -0.15) is 0 Å². The van der Waals surface area contributed by atoms with Gasteiger partial charge in [0.25, 0.3) is 0 Å². The molecule has 0 bridgehead atoms. The van der Waals surface area contributed by atoms with Gasteiger partial charge in [0.05, 0.1) is 12.6 Å². The second kappa shape index (κ2) is 8.63. The fourth-order valence-electron chi connectivity index (χ4n) is 3.98. The van der Waals surface area contributed by atoms with E-state index in [0.717, 1.165) is 17.8 Å². The van der Waals surface area contributed by atoms with Gasteiger partial charge in [0, 0.05) is 37.9 Å². The van der Waals surface area contributed by atoms with Crippen LogP contribution in [0.15, 0.2) is 42.6 Å². The minimum absolute atomic E-state index is 0.0136. The molecule has 1 unspecified atom stereocenters. The van der Waals surface area contributed by atoms with E-state index in [1.165, 1.54) is 5.56 Å². The minimum atomic E-state index is -0.114. The van der Waals surface area contributed by atoms with Crippen LogP contribution in [0.1, 0.15) is 50.1 Å². The van der Waals surface area contributed by atoms with E-state index in [4.69, 9.17) is 0 Å². The Balaban J connectivity index is 1.88. The zero-order chi connectivity index (χ0) is 20.3. The van der Waals surface area contributed by atoms with Crippen molar-refractivity contribution in [2.45, 2.75) is 46.7 Å². The third kappa shape index (κ3) is 4.13. The Labute approximate surface area is 167 Å². The predicted octanol–water partition coefficient (Wildman–Crippen LogP) is 3.62. The van der Waals surface area contributed by atoms with Crippen molar-refractivity contribution in [3.8, 4) is 0 Å². The quantitative estimate of drug-likeness (QED) is 0.767. The van der Waals surface area contributed by atoms with Gasteiger partial charge >= 0.3 is 0 Å². The van der Waals surface area contributed by atoms with Crippen LogP contribution < -0.4 is 0 Å². The highest BCUT2D eigenvalue weighted by atomic mass is 16.2. The summed E-state index contributed by atoms with van der Waals surface area (Å²) in [7, 11) is 0. The molecule has 2 amide bonds. The standard InChI is InChI=1S/C23H31N3O2/c1-5-24(21(27)15-17(2)3)16-22(28)26-14-13-25-12-8-11-20(25)23(26)19-10-7-6-9-18(19)4/h6-12,17,23H,5,13-16H2,1-4H3. The molecule has 0 saturated carbocycles. The molecule has 1 aromatic carbocycles. The van der Waals surface area contributed by atoms with Crippen LogP contribution >= 0.6 is 0 Å². The average Bonchev–Trinajstić information content (AvgIpc) is 3.14. The zero-order valence-corrected chi connectivity index (χ0v) is 17.4. The van der Waals surface area contributed by atoms with Crippen molar-refractivity contribution >= 4 is 11.8 Å². The van der Waals surface area contributed by atoms with Crippen LogP contribution in [-0.4, -0.2) is 45.8 Å². The number of aryl methyl sites for hydroxylation is 1. The SMILES string of the molecule is CCN(CC(=O)N1CCn2cccc2C1c1ccccc1C)C(=O)CC(C)C. The van der Waals surface area contributed by atoms with Crippen molar-refractivity contribution < 1.29 is 9.59 Å². The molecule has 1 aromatic heterocycles. The Morgan fingerprint density at radius 3 is 2.57 bits per heavy atom. The molecule has 0 saturated heterocycles. The van der Waals surface area contributed by atoms with Crippen LogP contribution in [-0.2, 0) is 16.1 Å². The molecular formula is C23H31N3O2. The first-order valence-electron chi connectivity index (χ1n) is 10.2. The number of likely N-dealkylation sites (N-methyl/N-ethyl adjacent to an activating group) is 1. The molecule has 0 spiro atoms. The summed E-state index contributed by atoms with van der Waals surface area (Å²) >= 11 is 0. The molecule has 1 atom stereocenters. The summed E-state index contributed by atoms with van der Waals surface area (Å²) in [5, 5.41) is 0. The first-order chi connectivity index (χ1) is 13.4. The normalized spacial score (nSPS) is 16.2. The largest absolute Gasteiger partial charge is 0.348 e. The van der Waals surface area contributed by atoms with Gasteiger partial charge in [-0.3, -0.25) is 9.59 Å². The molecule has 0 radical (unpaired) electrons. The summed E-state index contributed by atoms with van der Waals surface area (Å²) < 4.78 is 2.22.